The van der Waals surface area contributed by atoms with Crippen molar-refractivity contribution in [1.82, 2.24) is 25.5 Å². The lowest BCUT2D eigenvalue weighted by atomic mass is 9.98. The third kappa shape index (κ3) is 4.26. The fourth-order valence-electron chi connectivity index (χ4n) is 4.06. The number of amides is 2. The minimum atomic E-state index is -0.857. The van der Waals surface area contributed by atoms with Crippen LogP contribution in [0.2, 0.25) is 0 Å². The van der Waals surface area contributed by atoms with Crippen LogP contribution in [0, 0.1) is 17.5 Å². The van der Waals surface area contributed by atoms with Crippen molar-refractivity contribution in [3.05, 3.63) is 87.6 Å². The Labute approximate surface area is 201 Å². The fraction of sp³-hybridized carbons (Fsp3) is 0.120. The van der Waals surface area contributed by atoms with Crippen molar-refractivity contribution in [3.63, 3.8) is 0 Å². The highest BCUT2D eigenvalue weighted by Crippen LogP contribution is 2.29. The summed E-state index contributed by atoms with van der Waals surface area (Å²) in [4.78, 5) is 31.1. The van der Waals surface area contributed by atoms with Crippen LogP contribution in [0.3, 0.4) is 0 Å². The van der Waals surface area contributed by atoms with Gasteiger partial charge in [0, 0.05) is 23.9 Å². The molecule has 0 atom stereocenters. The molecule has 11 heteroatoms. The van der Waals surface area contributed by atoms with Gasteiger partial charge in [0.1, 0.15) is 17.5 Å². The zero-order chi connectivity index (χ0) is 25.4. The van der Waals surface area contributed by atoms with E-state index in [0.29, 0.717) is 28.7 Å². The van der Waals surface area contributed by atoms with Crippen LogP contribution in [-0.4, -0.2) is 32.7 Å². The lowest BCUT2D eigenvalue weighted by molar-refractivity contribution is 0.252. The number of carbonyl (C=O) groups excluding carboxylic acids is 1. The van der Waals surface area contributed by atoms with E-state index in [9.17, 15) is 22.8 Å². The maximum Gasteiger partial charge on any atom is 0.321 e. The Bertz CT molecular complexity index is 1700. The molecule has 2 amide bonds. The van der Waals surface area contributed by atoms with Gasteiger partial charge in [0.05, 0.1) is 22.1 Å². The molecule has 0 unspecified atom stereocenters. The van der Waals surface area contributed by atoms with E-state index < -0.39 is 34.4 Å². The molecular weight excluding hydrogens is 473 g/mol. The molecule has 0 aliphatic carbocycles. The van der Waals surface area contributed by atoms with Crippen molar-refractivity contribution in [2.24, 2.45) is 0 Å². The van der Waals surface area contributed by atoms with Gasteiger partial charge in [0.2, 0.25) is 5.95 Å². The predicted octanol–water partition coefficient (Wildman–Crippen LogP) is 4.62. The molecule has 5 rings (SSSR count). The summed E-state index contributed by atoms with van der Waals surface area (Å²) in [5.74, 6) is -1.88. The molecule has 4 N–H and O–H groups in total. The predicted molar refractivity (Wildman–Crippen MR) is 129 cm³/mol. The normalized spacial score (nSPS) is 11.2. The number of urea groups is 1. The van der Waals surface area contributed by atoms with Crippen LogP contribution in [0.25, 0.3) is 32.9 Å². The summed E-state index contributed by atoms with van der Waals surface area (Å²) in [6.07, 6.45) is 0.0200. The van der Waals surface area contributed by atoms with Crippen molar-refractivity contribution in [2.75, 3.05) is 11.9 Å². The molecule has 8 nitrogen and oxygen atoms in total. The topological polar surface area (TPSA) is 116 Å². The van der Waals surface area contributed by atoms with Crippen molar-refractivity contribution < 1.29 is 18.0 Å². The van der Waals surface area contributed by atoms with Crippen LogP contribution in [0.15, 0.2) is 53.3 Å². The van der Waals surface area contributed by atoms with E-state index in [1.807, 2.05) is 0 Å². The molecule has 3 aromatic carbocycles. The fourth-order valence-corrected chi connectivity index (χ4v) is 4.06. The molecule has 2 aromatic heterocycles. The summed E-state index contributed by atoms with van der Waals surface area (Å²) in [5.41, 5.74) is 1.78. The standard InChI is InChI=1S/C25H19F3N6O2/c1-2-29-25(36)32-24-30-18-8-4-13(11-19(18)31-24)14-9-12(3-5-15(14)26)10-20-21-16(27)6-7-17(28)22(21)23(35)34-33-20/h3-9,11H,2,10H2,1H3,(H,34,35)(H3,29,30,31,32,36). The summed E-state index contributed by atoms with van der Waals surface area (Å²) in [7, 11) is 0. The van der Waals surface area contributed by atoms with Gasteiger partial charge in [-0.25, -0.2) is 28.0 Å². The van der Waals surface area contributed by atoms with Crippen LogP contribution in [0.4, 0.5) is 23.9 Å². The number of nitrogens with one attached hydrogen (secondary N) is 4. The third-order valence-electron chi connectivity index (χ3n) is 5.68. The number of anilines is 1. The largest absolute Gasteiger partial charge is 0.338 e. The lowest BCUT2D eigenvalue weighted by Crippen LogP contribution is -2.28. The number of halogens is 3. The Kier molecular flexibility index (Phi) is 5.88. The Balaban J connectivity index is 1.51. The zero-order valence-corrected chi connectivity index (χ0v) is 18.9. The molecule has 2 heterocycles. The van der Waals surface area contributed by atoms with Crippen LogP contribution in [0.1, 0.15) is 18.2 Å². The number of fused-ring (bicyclic) bond motifs is 2. The van der Waals surface area contributed by atoms with Crippen LogP contribution >= 0.6 is 0 Å². The molecule has 0 aliphatic heterocycles. The SMILES string of the molecule is CCNC(=O)Nc1nc2cc(-c3cc(Cc4n[nH]c(=O)c5c(F)ccc(F)c45)ccc3F)ccc2[nH]1. The highest BCUT2D eigenvalue weighted by Gasteiger charge is 2.17. The first-order valence-electron chi connectivity index (χ1n) is 11.0. The molecule has 36 heavy (non-hydrogen) atoms. The van der Waals surface area contributed by atoms with Gasteiger partial charge in [-0.1, -0.05) is 12.1 Å². The first kappa shape index (κ1) is 23.1. The highest BCUT2D eigenvalue weighted by molar-refractivity contribution is 5.91. The van der Waals surface area contributed by atoms with E-state index >= 15 is 0 Å². The van der Waals surface area contributed by atoms with E-state index in [1.54, 1.807) is 31.2 Å². The second kappa shape index (κ2) is 9.17. The number of H-pyrrole nitrogens is 2. The Morgan fingerprint density at radius 3 is 2.50 bits per heavy atom. The Morgan fingerprint density at radius 2 is 1.72 bits per heavy atom. The lowest BCUT2D eigenvalue weighted by Gasteiger charge is -2.09. The summed E-state index contributed by atoms with van der Waals surface area (Å²) >= 11 is 0. The van der Waals surface area contributed by atoms with Crippen molar-refractivity contribution in [2.45, 2.75) is 13.3 Å². The van der Waals surface area contributed by atoms with Gasteiger partial charge < -0.3 is 10.3 Å². The highest BCUT2D eigenvalue weighted by atomic mass is 19.1. The second-order valence-electron chi connectivity index (χ2n) is 8.07. The van der Waals surface area contributed by atoms with Gasteiger partial charge >= 0.3 is 6.03 Å². The minimum Gasteiger partial charge on any atom is -0.338 e. The van der Waals surface area contributed by atoms with Crippen molar-refractivity contribution >= 4 is 33.8 Å². The molecule has 0 bridgehead atoms. The van der Waals surface area contributed by atoms with Crippen LogP contribution in [0.5, 0.6) is 0 Å². The van der Waals surface area contributed by atoms with Gasteiger partial charge in [-0.05, 0) is 54.4 Å². The molecule has 0 aliphatic rings. The van der Waals surface area contributed by atoms with Gasteiger partial charge in [-0.2, -0.15) is 5.10 Å². The monoisotopic (exact) mass is 492 g/mol. The number of imidazole rings is 1. The average molecular weight is 492 g/mol. The molecule has 0 radical (unpaired) electrons. The van der Waals surface area contributed by atoms with E-state index in [-0.39, 0.29) is 29.0 Å². The molecule has 0 saturated heterocycles. The number of hydrogen-bond acceptors (Lipinski definition) is 4. The van der Waals surface area contributed by atoms with E-state index in [2.05, 4.69) is 30.8 Å². The Morgan fingerprint density at radius 1 is 0.972 bits per heavy atom. The molecule has 0 fully saturated rings. The smallest absolute Gasteiger partial charge is 0.321 e. The number of hydrogen-bond donors (Lipinski definition) is 4. The van der Waals surface area contributed by atoms with Gasteiger partial charge in [0.25, 0.3) is 5.56 Å². The van der Waals surface area contributed by atoms with Crippen LogP contribution < -0.4 is 16.2 Å². The quantitative estimate of drug-likeness (QED) is 0.287. The molecule has 0 spiro atoms. The average Bonchev–Trinajstić information content (AvgIpc) is 3.25. The zero-order valence-electron chi connectivity index (χ0n) is 18.9. The maximum atomic E-state index is 14.8. The summed E-state index contributed by atoms with van der Waals surface area (Å²) < 4.78 is 43.6. The summed E-state index contributed by atoms with van der Waals surface area (Å²) in [5, 5.41) is 10.7. The maximum absolute atomic E-state index is 14.8. The molecule has 182 valence electrons. The van der Waals surface area contributed by atoms with E-state index in [4.69, 9.17) is 0 Å². The molecule has 5 aromatic rings. The van der Waals surface area contributed by atoms with Gasteiger partial charge in [-0.15, -0.1) is 0 Å². The number of aromatic nitrogens is 4. The number of carbonyl (C=O) groups is 1. The second-order valence-corrected chi connectivity index (χ2v) is 8.07. The van der Waals surface area contributed by atoms with Gasteiger partial charge in [-0.3, -0.25) is 10.1 Å². The van der Waals surface area contributed by atoms with Gasteiger partial charge in [0.15, 0.2) is 0 Å². The van der Waals surface area contributed by atoms with Crippen molar-refractivity contribution in [1.29, 1.82) is 0 Å². The van der Waals surface area contributed by atoms with E-state index in [1.165, 1.54) is 12.1 Å². The molecule has 0 saturated carbocycles. The number of benzene rings is 3. The molecular formula is C25H19F3N6O2. The summed E-state index contributed by atoms with van der Waals surface area (Å²) in [6, 6.07) is 10.8. The first-order valence-corrected chi connectivity index (χ1v) is 11.0. The third-order valence-corrected chi connectivity index (χ3v) is 5.68. The number of rotatable bonds is 5. The van der Waals surface area contributed by atoms with Crippen molar-refractivity contribution in [3.8, 4) is 11.1 Å². The number of aromatic amines is 2. The summed E-state index contributed by atoms with van der Waals surface area (Å²) in [6.45, 7) is 2.25. The van der Waals surface area contributed by atoms with E-state index in [0.717, 1.165) is 12.1 Å². The first-order chi connectivity index (χ1) is 17.3. The van der Waals surface area contributed by atoms with Crippen LogP contribution in [-0.2, 0) is 6.42 Å². The number of nitrogens with zero attached hydrogens (tertiary/aromatic N) is 2. The Hall–Kier alpha value is -4.67. The minimum absolute atomic E-state index is 0.0200.